The first-order valence-electron chi connectivity index (χ1n) is 7.05. The van der Waals surface area contributed by atoms with E-state index in [-0.39, 0.29) is 5.82 Å². The van der Waals surface area contributed by atoms with E-state index in [4.69, 9.17) is 11.6 Å². The second kappa shape index (κ2) is 7.86. The van der Waals surface area contributed by atoms with E-state index in [0.717, 1.165) is 24.9 Å². The van der Waals surface area contributed by atoms with Crippen LogP contribution in [0.25, 0.3) is 0 Å². The molecule has 1 aromatic rings. The molecule has 0 saturated heterocycles. The van der Waals surface area contributed by atoms with Gasteiger partial charge in [0.25, 0.3) is 0 Å². The molecule has 108 valence electrons. The number of benzene rings is 1. The van der Waals surface area contributed by atoms with Crippen molar-refractivity contribution in [3.63, 3.8) is 0 Å². The Morgan fingerprint density at radius 3 is 2.42 bits per heavy atom. The average Bonchev–Trinajstić information content (AvgIpc) is 2.28. The fourth-order valence-corrected chi connectivity index (χ4v) is 2.46. The quantitative estimate of drug-likeness (QED) is 0.767. The topological polar surface area (TPSA) is 12.0 Å². The summed E-state index contributed by atoms with van der Waals surface area (Å²) in [5.74, 6) is 0.887. The lowest BCUT2D eigenvalue weighted by Gasteiger charge is -2.21. The van der Waals surface area contributed by atoms with Crippen LogP contribution in [0.1, 0.15) is 39.7 Å². The Labute approximate surface area is 121 Å². The molecule has 1 N–H and O–H groups in total. The van der Waals surface area contributed by atoms with Crippen molar-refractivity contribution in [2.24, 2.45) is 11.8 Å². The van der Waals surface area contributed by atoms with E-state index in [1.165, 1.54) is 6.07 Å². The summed E-state index contributed by atoms with van der Waals surface area (Å²) in [6, 6.07) is 5.44. The van der Waals surface area contributed by atoms with Crippen LogP contribution in [-0.2, 0) is 6.42 Å². The molecule has 1 unspecified atom stereocenters. The summed E-state index contributed by atoms with van der Waals surface area (Å²) in [6.07, 6.45) is 1.86. The van der Waals surface area contributed by atoms with Gasteiger partial charge in [-0.25, -0.2) is 4.39 Å². The molecule has 19 heavy (non-hydrogen) atoms. The van der Waals surface area contributed by atoms with Crippen LogP contribution in [0.3, 0.4) is 0 Å². The lowest BCUT2D eigenvalue weighted by atomic mass is 9.90. The van der Waals surface area contributed by atoms with E-state index in [9.17, 15) is 4.39 Å². The number of hydrogen-bond donors (Lipinski definition) is 1. The van der Waals surface area contributed by atoms with Crippen LogP contribution >= 0.6 is 11.6 Å². The SMILES string of the molecule is CC(C)CC(CNC(C)C)Cc1ccc(Cl)cc1F. The summed E-state index contributed by atoms with van der Waals surface area (Å²) < 4.78 is 13.8. The van der Waals surface area contributed by atoms with Gasteiger partial charge in [-0.3, -0.25) is 0 Å². The molecular weight excluding hydrogens is 261 g/mol. The van der Waals surface area contributed by atoms with Gasteiger partial charge in [-0.05, 0) is 48.9 Å². The molecule has 0 aliphatic heterocycles. The molecule has 0 fully saturated rings. The Morgan fingerprint density at radius 2 is 1.89 bits per heavy atom. The first-order chi connectivity index (χ1) is 8.88. The highest BCUT2D eigenvalue weighted by atomic mass is 35.5. The van der Waals surface area contributed by atoms with Gasteiger partial charge < -0.3 is 5.32 Å². The van der Waals surface area contributed by atoms with Crippen molar-refractivity contribution in [1.29, 1.82) is 0 Å². The molecule has 1 nitrogen and oxygen atoms in total. The number of hydrogen-bond acceptors (Lipinski definition) is 1. The molecule has 0 amide bonds. The highest BCUT2D eigenvalue weighted by Gasteiger charge is 2.14. The van der Waals surface area contributed by atoms with Gasteiger partial charge in [0, 0.05) is 11.1 Å². The van der Waals surface area contributed by atoms with Crippen LogP contribution in [0.15, 0.2) is 18.2 Å². The zero-order chi connectivity index (χ0) is 14.4. The van der Waals surface area contributed by atoms with Crippen molar-refractivity contribution < 1.29 is 4.39 Å². The third kappa shape index (κ3) is 6.40. The summed E-state index contributed by atoms with van der Waals surface area (Å²) >= 11 is 5.79. The summed E-state index contributed by atoms with van der Waals surface area (Å²) in [5, 5.41) is 3.91. The Morgan fingerprint density at radius 1 is 1.21 bits per heavy atom. The highest BCUT2D eigenvalue weighted by molar-refractivity contribution is 6.30. The van der Waals surface area contributed by atoms with Gasteiger partial charge in [0.1, 0.15) is 5.82 Å². The molecule has 0 aromatic heterocycles. The Kier molecular flexibility index (Phi) is 6.81. The Balaban J connectivity index is 2.69. The van der Waals surface area contributed by atoms with Crippen LogP contribution in [0.5, 0.6) is 0 Å². The fraction of sp³-hybridized carbons (Fsp3) is 0.625. The Bertz CT molecular complexity index is 390. The molecule has 0 saturated carbocycles. The maximum Gasteiger partial charge on any atom is 0.127 e. The van der Waals surface area contributed by atoms with E-state index in [1.54, 1.807) is 12.1 Å². The predicted molar refractivity (Wildman–Crippen MR) is 81.2 cm³/mol. The van der Waals surface area contributed by atoms with Crippen LogP contribution in [0.2, 0.25) is 5.02 Å². The maximum atomic E-state index is 13.8. The van der Waals surface area contributed by atoms with E-state index >= 15 is 0 Å². The molecule has 0 spiro atoms. The normalized spacial score (nSPS) is 13.3. The molecule has 1 atom stereocenters. The summed E-state index contributed by atoms with van der Waals surface area (Å²) in [5.41, 5.74) is 0.764. The van der Waals surface area contributed by atoms with Gasteiger partial charge in [0.2, 0.25) is 0 Å². The number of halogens is 2. The minimum absolute atomic E-state index is 0.189. The van der Waals surface area contributed by atoms with Crippen LogP contribution in [-0.4, -0.2) is 12.6 Å². The van der Waals surface area contributed by atoms with Gasteiger partial charge in [0.05, 0.1) is 0 Å². The third-order valence-corrected chi connectivity index (χ3v) is 3.38. The molecule has 0 heterocycles. The standard InChI is InChI=1S/C16H25ClFN/c1-11(2)7-13(10-19-12(3)4)8-14-5-6-15(17)9-16(14)18/h5-6,9,11-13,19H,7-8,10H2,1-4H3. The van der Waals surface area contributed by atoms with Crippen molar-refractivity contribution in [3.05, 3.63) is 34.6 Å². The van der Waals surface area contributed by atoms with Crippen molar-refractivity contribution >= 4 is 11.6 Å². The smallest absolute Gasteiger partial charge is 0.127 e. The van der Waals surface area contributed by atoms with E-state index in [0.29, 0.717) is 22.9 Å². The average molecular weight is 286 g/mol. The molecule has 0 radical (unpaired) electrons. The largest absolute Gasteiger partial charge is 0.314 e. The van der Waals surface area contributed by atoms with Gasteiger partial charge >= 0.3 is 0 Å². The van der Waals surface area contributed by atoms with Crippen LogP contribution in [0.4, 0.5) is 4.39 Å². The van der Waals surface area contributed by atoms with Crippen molar-refractivity contribution in [1.82, 2.24) is 5.32 Å². The zero-order valence-corrected chi connectivity index (χ0v) is 13.1. The summed E-state index contributed by atoms with van der Waals surface area (Å²) in [6.45, 7) is 9.61. The first kappa shape index (κ1) is 16.5. The second-order valence-electron chi connectivity index (χ2n) is 6.00. The molecule has 1 aromatic carbocycles. The van der Waals surface area contributed by atoms with Crippen molar-refractivity contribution in [3.8, 4) is 0 Å². The molecule has 3 heteroatoms. The summed E-state index contributed by atoms with van der Waals surface area (Å²) in [4.78, 5) is 0. The fourth-order valence-electron chi connectivity index (χ4n) is 2.31. The van der Waals surface area contributed by atoms with E-state index < -0.39 is 0 Å². The predicted octanol–water partition coefficient (Wildman–Crippen LogP) is 4.68. The van der Waals surface area contributed by atoms with E-state index in [1.807, 2.05) is 0 Å². The third-order valence-electron chi connectivity index (χ3n) is 3.14. The van der Waals surface area contributed by atoms with Crippen molar-refractivity contribution in [2.45, 2.75) is 46.6 Å². The zero-order valence-electron chi connectivity index (χ0n) is 12.3. The Hall–Kier alpha value is -0.600. The van der Waals surface area contributed by atoms with Crippen molar-refractivity contribution in [2.75, 3.05) is 6.54 Å². The first-order valence-corrected chi connectivity index (χ1v) is 7.43. The lowest BCUT2D eigenvalue weighted by molar-refractivity contribution is 0.369. The van der Waals surface area contributed by atoms with Gasteiger partial charge in [0.15, 0.2) is 0 Å². The highest BCUT2D eigenvalue weighted by Crippen LogP contribution is 2.21. The monoisotopic (exact) mass is 285 g/mol. The lowest BCUT2D eigenvalue weighted by Crippen LogP contribution is -2.30. The number of nitrogens with one attached hydrogen (secondary N) is 1. The summed E-state index contributed by atoms with van der Waals surface area (Å²) in [7, 11) is 0. The molecule has 0 aliphatic carbocycles. The van der Waals surface area contributed by atoms with Crippen LogP contribution < -0.4 is 5.32 Å². The molecule has 1 rings (SSSR count). The van der Waals surface area contributed by atoms with Crippen LogP contribution in [0, 0.1) is 17.7 Å². The molecule has 0 aliphatic rings. The van der Waals surface area contributed by atoms with Gasteiger partial charge in [-0.2, -0.15) is 0 Å². The molecule has 0 bridgehead atoms. The minimum Gasteiger partial charge on any atom is -0.314 e. The minimum atomic E-state index is -0.189. The second-order valence-corrected chi connectivity index (χ2v) is 6.43. The maximum absolute atomic E-state index is 13.8. The molecular formula is C16H25ClFN. The van der Waals surface area contributed by atoms with Gasteiger partial charge in [-0.1, -0.05) is 45.4 Å². The number of rotatable bonds is 7. The van der Waals surface area contributed by atoms with E-state index in [2.05, 4.69) is 33.0 Å². The van der Waals surface area contributed by atoms with Gasteiger partial charge in [-0.15, -0.1) is 0 Å².